The van der Waals surface area contributed by atoms with E-state index in [1.165, 1.54) is 22.3 Å². The molecule has 14 rings (SSSR count). The van der Waals surface area contributed by atoms with Gasteiger partial charge >= 0.3 is 0 Å². The van der Waals surface area contributed by atoms with E-state index in [1.54, 1.807) is 0 Å². The first-order valence-electron chi connectivity index (χ1n) is 30.8. The molecule has 0 aliphatic rings. The Morgan fingerprint density at radius 1 is 0.292 bits per heavy atom. The third-order valence-corrected chi connectivity index (χ3v) is 17.7. The minimum atomic E-state index is -0.292. The third kappa shape index (κ3) is 10.6. The predicted octanol–water partition coefficient (Wildman–Crippen LogP) is 21.8. The summed E-state index contributed by atoms with van der Waals surface area (Å²) in [5.41, 5.74) is 24.3. The van der Waals surface area contributed by atoms with Crippen molar-refractivity contribution < 1.29 is 19.7 Å². The van der Waals surface area contributed by atoms with E-state index in [9.17, 15) is 10.2 Å². The lowest BCUT2D eigenvalue weighted by molar-refractivity contribution is 0.131. The van der Waals surface area contributed by atoms with E-state index >= 15 is 0 Å². The molecule has 436 valence electrons. The first-order valence-corrected chi connectivity index (χ1v) is 30.8. The van der Waals surface area contributed by atoms with Crippen molar-refractivity contribution in [2.24, 2.45) is 0 Å². The normalized spacial score (nSPS) is 12.3. The molecular formula is C83H70N2O4. The molecule has 2 heterocycles. The highest BCUT2D eigenvalue weighted by Crippen LogP contribution is 2.47. The zero-order valence-corrected chi connectivity index (χ0v) is 51.6. The summed E-state index contributed by atoms with van der Waals surface area (Å²) in [7, 11) is 0. The van der Waals surface area contributed by atoms with Gasteiger partial charge in [0.05, 0.1) is 45.6 Å². The van der Waals surface area contributed by atoms with Crippen molar-refractivity contribution in [1.82, 2.24) is 9.13 Å². The molecule has 0 radical (unpaired) electrons. The Morgan fingerprint density at radius 3 is 0.854 bits per heavy atom. The number of aryl methyl sites for hydroxylation is 6. The van der Waals surface area contributed by atoms with Gasteiger partial charge in [0.15, 0.2) is 0 Å². The van der Waals surface area contributed by atoms with Gasteiger partial charge in [0.25, 0.3) is 0 Å². The Kier molecular flexibility index (Phi) is 14.5. The summed E-state index contributed by atoms with van der Waals surface area (Å²) >= 11 is 0. The van der Waals surface area contributed by atoms with E-state index in [4.69, 9.17) is 9.47 Å². The van der Waals surface area contributed by atoms with Crippen molar-refractivity contribution in [2.45, 2.75) is 74.0 Å². The van der Waals surface area contributed by atoms with E-state index < -0.39 is 0 Å². The molecule has 2 aromatic heterocycles. The van der Waals surface area contributed by atoms with Crippen LogP contribution in [0.15, 0.2) is 243 Å². The Morgan fingerprint density at radius 2 is 0.562 bits per heavy atom. The first kappa shape index (κ1) is 56.3. The molecule has 6 nitrogen and oxygen atoms in total. The summed E-state index contributed by atoms with van der Waals surface area (Å²) in [6.07, 6.45) is -0.0362. The van der Waals surface area contributed by atoms with E-state index in [0.29, 0.717) is 40.4 Å². The van der Waals surface area contributed by atoms with Crippen LogP contribution in [-0.4, -0.2) is 31.6 Å². The average Bonchev–Trinajstić information content (AvgIpc) is 2.03. The number of hydrogen-bond donors (Lipinski definition) is 2. The van der Waals surface area contributed by atoms with Gasteiger partial charge in [-0.3, -0.25) is 0 Å². The summed E-state index contributed by atoms with van der Waals surface area (Å²) in [6.45, 7) is 16.8. The van der Waals surface area contributed by atoms with Crippen LogP contribution >= 0.6 is 0 Å². The molecule has 0 spiro atoms. The Labute approximate surface area is 520 Å². The predicted molar refractivity (Wildman–Crippen MR) is 371 cm³/mol. The molecule has 0 saturated carbocycles. The summed E-state index contributed by atoms with van der Waals surface area (Å²) in [5.74, 6) is 1.65. The quantitative estimate of drug-likeness (QED) is 0.114. The van der Waals surface area contributed by atoms with Crippen LogP contribution in [0, 0.1) is 41.5 Å². The number of phenols is 2. The van der Waals surface area contributed by atoms with Crippen molar-refractivity contribution in [1.29, 1.82) is 0 Å². The molecule has 12 aromatic carbocycles. The number of rotatable bonds is 14. The van der Waals surface area contributed by atoms with Gasteiger partial charge < -0.3 is 28.8 Å². The highest BCUT2D eigenvalue weighted by atomic mass is 16.5. The monoisotopic (exact) mass is 1160 g/mol. The second-order valence-corrected chi connectivity index (χ2v) is 24.5. The van der Waals surface area contributed by atoms with Crippen molar-refractivity contribution >= 4 is 43.6 Å². The van der Waals surface area contributed by atoms with Gasteiger partial charge in [-0.05, 0) is 196 Å². The molecule has 14 aromatic rings. The average molecular weight is 1160 g/mol. The van der Waals surface area contributed by atoms with Gasteiger partial charge in [-0.15, -0.1) is 0 Å². The zero-order chi connectivity index (χ0) is 61.2. The fraction of sp³-hybridized carbons (Fsp3) is 0.133. The molecule has 1 unspecified atom stereocenters. The fourth-order valence-electron chi connectivity index (χ4n) is 13.1. The lowest BCUT2D eigenvalue weighted by Gasteiger charge is -2.24. The first-order chi connectivity index (χ1) is 43.2. The Hall–Kier alpha value is -10.6. The van der Waals surface area contributed by atoms with Crippen LogP contribution in [-0.2, 0) is 0 Å². The number of ether oxygens (including phenoxy) is 2. The van der Waals surface area contributed by atoms with Gasteiger partial charge in [-0.25, -0.2) is 0 Å². The number of aromatic nitrogens is 2. The minimum absolute atomic E-state index is 0.164. The SMILES string of the molecule is Cc1ccc(-c2ccc3c(c2)c2cc(-c4ccc(C)cc4)ccc2n3-c2cc(C)cc(-c3ccccc3OC(C)C[C@H](C)Oc3ccccc3-c3cc(C)cc(-n4c5ccc(-c6ccc(C)cc6)cc5c5cc(-c6ccc(C)cc6)ccc54)c3O)c2O)cc1. The van der Waals surface area contributed by atoms with Crippen molar-refractivity contribution in [2.75, 3.05) is 0 Å². The second kappa shape index (κ2) is 22.9. The summed E-state index contributed by atoms with van der Waals surface area (Å²) in [6, 6.07) is 85.6. The molecule has 6 heteroatoms. The molecule has 0 bridgehead atoms. The number of phenolic OH excluding ortho intramolecular Hbond substituents is 2. The molecule has 2 atom stereocenters. The summed E-state index contributed by atoms with van der Waals surface area (Å²) in [4.78, 5) is 0. The lowest BCUT2D eigenvalue weighted by Crippen LogP contribution is -2.23. The van der Waals surface area contributed by atoms with Gasteiger partial charge in [-0.1, -0.05) is 180 Å². The summed E-state index contributed by atoms with van der Waals surface area (Å²) < 4.78 is 18.2. The topological polar surface area (TPSA) is 68.8 Å². The number of benzene rings is 12. The Balaban J connectivity index is 0.769. The van der Waals surface area contributed by atoms with Crippen LogP contribution in [0.5, 0.6) is 23.0 Å². The molecule has 0 fully saturated rings. The highest BCUT2D eigenvalue weighted by Gasteiger charge is 2.25. The molecule has 0 saturated heterocycles. The standard InChI is InChI=1S/C83H70N2O4/c1-50-17-25-58(26-18-50)62-33-37-74-68(46-62)69-47-63(59-27-19-51(2)20-28-59)34-38-75(69)84(74)78-43-54(5)41-72(82(78)86)66-13-9-11-15-80(66)88-56(7)45-57(8)89-81-16-12-10-14-67(81)73-42-55(6)44-79(83(73)87)85-76-39-35-64(60-29-21-52(3)22-30-60)48-70(76)71-49-65(36-40-77(71)85)61-31-23-53(4)24-32-61/h9-44,46-49,56-57,86-87H,45H2,1-8H3/t56-,57?/m0/s1. The second-order valence-electron chi connectivity index (χ2n) is 24.5. The van der Waals surface area contributed by atoms with Crippen LogP contribution in [0.4, 0.5) is 0 Å². The maximum absolute atomic E-state index is 12.8. The minimum Gasteiger partial charge on any atom is -0.505 e. The van der Waals surface area contributed by atoms with E-state index in [-0.39, 0.29) is 23.7 Å². The molecule has 0 aliphatic heterocycles. The number of aromatic hydroxyl groups is 2. The van der Waals surface area contributed by atoms with Gasteiger partial charge in [0.2, 0.25) is 0 Å². The van der Waals surface area contributed by atoms with Gasteiger partial charge in [0.1, 0.15) is 23.0 Å². The number of fused-ring (bicyclic) bond motifs is 6. The maximum Gasteiger partial charge on any atom is 0.147 e. The lowest BCUT2D eigenvalue weighted by atomic mass is 9.99. The van der Waals surface area contributed by atoms with Crippen molar-refractivity contribution in [3.8, 4) is 101 Å². The highest BCUT2D eigenvalue weighted by molar-refractivity contribution is 6.13. The third-order valence-electron chi connectivity index (χ3n) is 17.7. The van der Waals surface area contributed by atoms with Crippen LogP contribution in [0.25, 0.3) is 122 Å². The molecule has 89 heavy (non-hydrogen) atoms. The largest absolute Gasteiger partial charge is 0.505 e. The van der Waals surface area contributed by atoms with E-state index in [2.05, 4.69) is 247 Å². The van der Waals surface area contributed by atoms with Crippen LogP contribution in [0.2, 0.25) is 0 Å². The van der Waals surface area contributed by atoms with E-state index in [1.807, 2.05) is 60.7 Å². The molecular weight excluding hydrogens is 1090 g/mol. The zero-order valence-electron chi connectivity index (χ0n) is 51.6. The number of para-hydroxylation sites is 2. The fourth-order valence-corrected chi connectivity index (χ4v) is 13.1. The molecule has 0 amide bonds. The molecule has 0 aliphatic carbocycles. The Bertz CT molecular complexity index is 4510. The maximum atomic E-state index is 12.8. The van der Waals surface area contributed by atoms with Gasteiger partial charge in [-0.2, -0.15) is 0 Å². The van der Waals surface area contributed by atoms with Crippen LogP contribution in [0.3, 0.4) is 0 Å². The van der Waals surface area contributed by atoms with Crippen molar-refractivity contribution in [3.05, 3.63) is 276 Å². The van der Waals surface area contributed by atoms with Crippen molar-refractivity contribution in [3.63, 3.8) is 0 Å². The smallest absolute Gasteiger partial charge is 0.147 e. The van der Waals surface area contributed by atoms with Gasteiger partial charge in [0, 0.05) is 50.2 Å². The number of hydrogen-bond acceptors (Lipinski definition) is 4. The van der Waals surface area contributed by atoms with E-state index in [0.717, 1.165) is 110 Å². The summed E-state index contributed by atoms with van der Waals surface area (Å²) in [5, 5.41) is 29.9. The number of nitrogens with zero attached hydrogens (tertiary/aromatic N) is 2. The molecule has 2 N–H and O–H groups in total. The van der Waals surface area contributed by atoms with Crippen LogP contribution < -0.4 is 9.47 Å². The van der Waals surface area contributed by atoms with Crippen LogP contribution in [0.1, 0.15) is 53.6 Å².